The quantitative estimate of drug-likeness (QED) is 0.743. The summed E-state index contributed by atoms with van der Waals surface area (Å²) in [5.74, 6) is 1.60. The van der Waals surface area contributed by atoms with Crippen LogP contribution in [-0.2, 0) is 5.41 Å². The lowest BCUT2D eigenvalue weighted by molar-refractivity contribution is 0.478. The van der Waals surface area contributed by atoms with E-state index in [0.29, 0.717) is 0 Å². The summed E-state index contributed by atoms with van der Waals surface area (Å²) in [6.45, 7) is 8.56. The lowest BCUT2D eigenvalue weighted by Crippen LogP contribution is -2.10. The van der Waals surface area contributed by atoms with Gasteiger partial charge in [0.2, 0.25) is 0 Å². The number of anilines is 1. The summed E-state index contributed by atoms with van der Waals surface area (Å²) in [5, 5.41) is 0. The molecule has 0 bridgehead atoms. The summed E-state index contributed by atoms with van der Waals surface area (Å²) in [7, 11) is 0. The van der Waals surface area contributed by atoms with Crippen molar-refractivity contribution in [2.45, 2.75) is 33.1 Å². The topological polar surface area (TPSA) is 35.2 Å². The SMILES string of the molecule is Cc1cc(Oc2ccc(C(C)(C)C)cc2)c(Br)cc1N. The van der Waals surface area contributed by atoms with E-state index in [1.165, 1.54) is 5.56 Å². The molecule has 0 amide bonds. The fourth-order valence-corrected chi connectivity index (χ4v) is 2.34. The van der Waals surface area contributed by atoms with Crippen molar-refractivity contribution in [2.75, 3.05) is 5.73 Å². The minimum atomic E-state index is 0.150. The summed E-state index contributed by atoms with van der Waals surface area (Å²) in [6, 6.07) is 12.0. The van der Waals surface area contributed by atoms with Crippen LogP contribution in [0.3, 0.4) is 0 Å². The van der Waals surface area contributed by atoms with Gasteiger partial charge in [-0.1, -0.05) is 32.9 Å². The Bertz CT molecular complexity index is 612. The van der Waals surface area contributed by atoms with Crippen LogP contribution in [0, 0.1) is 6.92 Å². The molecule has 2 aromatic rings. The molecule has 106 valence electrons. The summed E-state index contributed by atoms with van der Waals surface area (Å²) < 4.78 is 6.77. The Labute approximate surface area is 129 Å². The van der Waals surface area contributed by atoms with Crippen LogP contribution < -0.4 is 10.5 Å². The number of nitrogen functional groups attached to an aromatic ring is 1. The maximum Gasteiger partial charge on any atom is 0.142 e. The average molecular weight is 334 g/mol. The Kier molecular flexibility index (Phi) is 4.09. The zero-order valence-corrected chi connectivity index (χ0v) is 13.9. The van der Waals surface area contributed by atoms with Gasteiger partial charge in [0.1, 0.15) is 11.5 Å². The second-order valence-electron chi connectivity index (χ2n) is 6.02. The highest BCUT2D eigenvalue weighted by molar-refractivity contribution is 9.10. The molecule has 0 radical (unpaired) electrons. The standard InChI is InChI=1S/C17H20BrNO/c1-11-9-16(14(18)10-15(11)19)20-13-7-5-12(6-8-13)17(2,3)4/h5-10H,19H2,1-4H3. The lowest BCUT2D eigenvalue weighted by atomic mass is 9.87. The maximum absolute atomic E-state index is 5.91. The van der Waals surface area contributed by atoms with E-state index in [1.54, 1.807) is 0 Å². The highest BCUT2D eigenvalue weighted by atomic mass is 79.9. The zero-order valence-electron chi connectivity index (χ0n) is 12.3. The molecule has 0 saturated heterocycles. The summed E-state index contributed by atoms with van der Waals surface area (Å²) in [4.78, 5) is 0. The molecule has 0 saturated carbocycles. The van der Waals surface area contributed by atoms with Crippen molar-refractivity contribution in [3.8, 4) is 11.5 Å². The van der Waals surface area contributed by atoms with Gasteiger partial charge in [0.05, 0.1) is 4.47 Å². The summed E-state index contributed by atoms with van der Waals surface area (Å²) >= 11 is 3.48. The van der Waals surface area contributed by atoms with Crippen molar-refractivity contribution < 1.29 is 4.74 Å². The fourth-order valence-electron chi connectivity index (χ4n) is 1.90. The Balaban J connectivity index is 2.25. The molecule has 3 heteroatoms. The van der Waals surface area contributed by atoms with Gasteiger partial charge in [0, 0.05) is 5.69 Å². The predicted molar refractivity (Wildman–Crippen MR) is 88.5 cm³/mol. The second-order valence-corrected chi connectivity index (χ2v) is 6.87. The third-order valence-electron chi connectivity index (χ3n) is 3.27. The predicted octanol–water partition coefficient (Wildman–Crippen LogP) is 5.43. The first-order chi connectivity index (χ1) is 9.27. The molecule has 2 rings (SSSR count). The van der Waals surface area contributed by atoms with E-state index < -0.39 is 0 Å². The molecule has 0 unspecified atom stereocenters. The van der Waals surface area contributed by atoms with E-state index >= 15 is 0 Å². The number of hydrogen-bond acceptors (Lipinski definition) is 2. The molecule has 2 aromatic carbocycles. The van der Waals surface area contributed by atoms with Crippen molar-refractivity contribution in [2.24, 2.45) is 0 Å². The van der Waals surface area contributed by atoms with Gasteiger partial charge >= 0.3 is 0 Å². The Hall–Kier alpha value is -1.48. The van der Waals surface area contributed by atoms with Crippen LogP contribution in [0.25, 0.3) is 0 Å². The lowest BCUT2D eigenvalue weighted by Gasteiger charge is -2.19. The third-order valence-corrected chi connectivity index (χ3v) is 3.89. The minimum absolute atomic E-state index is 0.150. The van der Waals surface area contributed by atoms with E-state index in [0.717, 1.165) is 27.2 Å². The van der Waals surface area contributed by atoms with E-state index in [1.807, 2.05) is 31.2 Å². The van der Waals surface area contributed by atoms with Crippen molar-refractivity contribution in [3.05, 3.63) is 52.0 Å². The Morgan fingerprint density at radius 3 is 2.20 bits per heavy atom. The summed E-state index contributed by atoms with van der Waals surface area (Å²) in [6.07, 6.45) is 0. The number of rotatable bonds is 2. The van der Waals surface area contributed by atoms with Crippen molar-refractivity contribution >= 4 is 21.6 Å². The number of aryl methyl sites for hydroxylation is 1. The molecule has 2 nitrogen and oxygen atoms in total. The first-order valence-corrected chi connectivity index (χ1v) is 7.40. The van der Waals surface area contributed by atoms with Crippen LogP contribution in [0.15, 0.2) is 40.9 Å². The van der Waals surface area contributed by atoms with Crippen molar-refractivity contribution in [1.82, 2.24) is 0 Å². The number of halogens is 1. The largest absolute Gasteiger partial charge is 0.456 e. The van der Waals surface area contributed by atoms with Gasteiger partial charge in [-0.15, -0.1) is 0 Å². The van der Waals surface area contributed by atoms with Gasteiger partial charge in [-0.25, -0.2) is 0 Å². The van der Waals surface area contributed by atoms with Crippen LogP contribution in [0.2, 0.25) is 0 Å². The Morgan fingerprint density at radius 1 is 1.05 bits per heavy atom. The van der Waals surface area contributed by atoms with Gasteiger partial charge in [0.15, 0.2) is 0 Å². The first kappa shape index (κ1) is 14.9. The maximum atomic E-state index is 5.91. The smallest absolute Gasteiger partial charge is 0.142 e. The molecule has 0 aliphatic heterocycles. The number of ether oxygens (including phenoxy) is 1. The molecule has 0 atom stereocenters. The molecule has 0 fully saturated rings. The highest BCUT2D eigenvalue weighted by Crippen LogP contribution is 2.34. The molecular formula is C17H20BrNO. The van der Waals surface area contributed by atoms with Crippen molar-refractivity contribution in [3.63, 3.8) is 0 Å². The van der Waals surface area contributed by atoms with Gasteiger partial charge in [0.25, 0.3) is 0 Å². The number of hydrogen-bond donors (Lipinski definition) is 1. The van der Waals surface area contributed by atoms with Gasteiger partial charge in [-0.05, 0) is 63.7 Å². The van der Waals surface area contributed by atoms with Crippen LogP contribution >= 0.6 is 15.9 Å². The molecule has 0 aliphatic rings. The monoisotopic (exact) mass is 333 g/mol. The molecular weight excluding hydrogens is 314 g/mol. The van der Waals surface area contributed by atoms with Crippen molar-refractivity contribution in [1.29, 1.82) is 0 Å². The number of nitrogens with two attached hydrogens (primary N) is 1. The van der Waals surface area contributed by atoms with E-state index in [2.05, 4.69) is 48.8 Å². The first-order valence-electron chi connectivity index (χ1n) is 6.61. The van der Waals surface area contributed by atoms with Gasteiger partial charge in [-0.3, -0.25) is 0 Å². The third kappa shape index (κ3) is 3.34. The van der Waals surface area contributed by atoms with Crippen LogP contribution in [0.5, 0.6) is 11.5 Å². The molecule has 0 aromatic heterocycles. The van der Waals surface area contributed by atoms with E-state index in [4.69, 9.17) is 10.5 Å². The fraction of sp³-hybridized carbons (Fsp3) is 0.294. The van der Waals surface area contributed by atoms with Gasteiger partial charge in [-0.2, -0.15) is 0 Å². The molecule has 0 heterocycles. The van der Waals surface area contributed by atoms with Crippen LogP contribution in [-0.4, -0.2) is 0 Å². The molecule has 2 N–H and O–H groups in total. The molecule has 20 heavy (non-hydrogen) atoms. The van der Waals surface area contributed by atoms with E-state index in [-0.39, 0.29) is 5.41 Å². The second kappa shape index (κ2) is 5.49. The van der Waals surface area contributed by atoms with E-state index in [9.17, 15) is 0 Å². The van der Waals surface area contributed by atoms with Crippen LogP contribution in [0.1, 0.15) is 31.9 Å². The summed E-state index contributed by atoms with van der Waals surface area (Å²) in [5.41, 5.74) is 9.07. The average Bonchev–Trinajstić information content (AvgIpc) is 2.35. The highest BCUT2D eigenvalue weighted by Gasteiger charge is 2.13. The van der Waals surface area contributed by atoms with Gasteiger partial charge < -0.3 is 10.5 Å². The van der Waals surface area contributed by atoms with Crippen LogP contribution in [0.4, 0.5) is 5.69 Å². The Morgan fingerprint density at radius 2 is 1.65 bits per heavy atom. The minimum Gasteiger partial charge on any atom is -0.456 e. The molecule has 0 aliphatic carbocycles. The normalized spacial score (nSPS) is 11.4. The number of benzene rings is 2. The molecule has 0 spiro atoms. The zero-order chi connectivity index (χ0) is 14.9.